The van der Waals surface area contributed by atoms with Crippen molar-refractivity contribution in [2.75, 3.05) is 25.2 Å². The number of esters is 1. The zero-order chi connectivity index (χ0) is 14.7. The van der Waals surface area contributed by atoms with Gasteiger partial charge in [0.15, 0.2) is 5.13 Å². The standard InChI is InChI=1S/C15H16N2O3S/c1-19-14(18)8-12-10-21-15(16-12)17-6-7-20-13-5-3-2-4-11(13)9-17/h2-5,10H,6-9H2,1H3. The molecule has 1 aromatic heterocycles. The van der Waals surface area contributed by atoms with E-state index in [1.165, 1.54) is 7.11 Å². The first-order chi connectivity index (χ1) is 10.3. The molecule has 1 aliphatic rings. The Morgan fingerprint density at radius 1 is 1.48 bits per heavy atom. The van der Waals surface area contributed by atoms with Gasteiger partial charge in [-0.1, -0.05) is 18.2 Å². The van der Waals surface area contributed by atoms with Crippen LogP contribution in [0.15, 0.2) is 29.6 Å². The van der Waals surface area contributed by atoms with Gasteiger partial charge in [0.1, 0.15) is 12.4 Å². The number of thiazole rings is 1. The highest BCUT2D eigenvalue weighted by molar-refractivity contribution is 7.13. The molecule has 0 bridgehead atoms. The number of nitrogens with zero attached hydrogens (tertiary/aromatic N) is 2. The van der Waals surface area contributed by atoms with E-state index in [-0.39, 0.29) is 12.4 Å². The number of methoxy groups -OCH3 is 1. The van der Waals surface area contributed by atoms with Gasteiger partial charge in [-0.3, -0.25) is 4.79 Å². The van der Waals surface area contributed by atoms with Crippen molar-refractivity contribution < 1.29 is 14.3 Å². The molecule has 0 aliphatic carbocycles. The third-order valence-corrected chi connectivity index (χ3v) is 4.27. The fourth-order valence-electron chi connectivity index (χ4n) is 2.23. The fourth-order valence-corrected chi connectivity index (χ4v) is 3.08. The second-order valence-corrected chi connectivity index (χ2v) is 5.59. The van der Waals surface area contributed by atoms with Crippen LogP contribution in [0.1, 0.15) is 11.3 Å². The number of anilines is 1. The molecule has 0 radical (unpaired) electrons. The maximum absolute atomic E-state index is 11.3. The van der Waals surface area contributed by atoms with Crippen molar-refractivity contribution in [3.05, 3.63) is 40.9 Å². The molecule has 2 aromatic rings. The van der Waals surface area contributed by atoms with Crippen LogP contribution in [0.4, 0.5) is 5.13 Å². The van der Waals surface area contributed by atoms with Gasteiger partial charge < -0.3 is 14.4 Å². The summed E-state index contributed by atoms with van der Waals surface area (Å²) in [7, 11) is 1.39. The normalized spacial score (nSPS) is 14.0. The van der Waals surface area contributed by atoms with E-state index in [1.807, 2.05) is 23.6 Å². The number of carbonyl (C=O) groups excluding carboxylic acids is 1. The van der Waals surface area contributed by atoms with Crippen molar-refractivity contribution in [1.82, 2.24) is 4.98 Å². The highest BCUT2D eigenvalue weighted by Gasteiger charge is 2.18. The second kappa shape index (κ2) is 6.13. The van der Waals surface area contributed by atoms with Crippen LogP contribution in [0, 0.1) is 0 Å². The zero-order valence-electron chi connectivity index (χ0n) is 11.7. The summed E-state index contributed by atoms with van der Waals surface area (Å²) in [5.41, 5.74) is 1.90. The first-order valence-corrected chi connectivity index (χ1v) is 7.61. The number of hydrogen-bond acceptors (Lipinski definition) is 6. The van der Waals surface area contributed by atoms with Gasteiger partial charge >= 0.3 is 5.97 Å². The molecule has 2 heterocycles. The maximum Gasteiger partial charge on any atom is 0.311 e. The lowest BCUT2D eigenvalue weighted by molar-refractivity contribution is -0.139. The molecular weight excluding hydrogens is 288 g/mol. The number of benzene rings is 1. The lowest BCUT2D eigenvalue weighted by Gasteiger charge is -2.18. The van der Waals surface area contributed by atoms with Gasteiger partial charge in [0.25, 0.3) is 0 Å². The Bertz CT molecular complexity index is 641. The Morgan fingerprint density at radius 3 is 3.19 bits per heavy atom. The monoisotopic (exact) mass is 304 g/mol. The van der Waals surface area contributed by atoms with E-state index in [4.69, 9.17) is 4.74 Å². The third kappa shape index (κ3) is 3.16. The molecule has 0 saturated heterocycles. The van der Waals surface area contributed by atoms with E-state index in [0.717, 1.165) is 35.2 Å². The quantitative estimate of drug-likeness (QED) is 0.814. The smallest absolute Gasteiger partial charge is 0.311 e. The van der Waals surface area contributed by atoms with Crippen LogP contribution in [0.25, 0.3) is 0 Å². The summed E-state index contributed by atoms with van der Waals surface area (Å²) in [6.45, 7) is 2.17. The first-order valence-electron chi connectivity index (χ1n) is 6.73. The van der Waals surface area contributed by atoms with Crippen molar-refractivity contribution in [1.29, 1.82) is 0 Å². The lowest BCUT2D eigenvalue weighted by atomic mass is 10.2. The summed E-state index contributed by atoms with van der Waals surface area (Å²) in [6, 6.07) is 8.04. The molecule has 1 aliphatic heterocycles. The summed E-state index contributed by atoms with van der Waals surface area (Å²) in [5.74, 6) is 0.669. The topological polar surface area (TPSA) is 51.7 Å². The average molecular weight is 304 g/mol. The molecule has 3 rings (SSSR count). The van der Waals surface area contributed by atoms with Gasteiger partial charge in [-0.2, -0.15) is 0 Å². The number of aromatic nitrogens is 1. The average Bonchev–Trinajstić information content (AvgIpc) is 2.85. The molecule has 0 unspecified atom stereocenters. The largest absolute Gasteiger partial charge is 0.491 e. The van der Waals surface area contributed by atoms with Crippen LogP contribution in [0.3, 0.4) is 0 Å². The van der Waals surface area contributed by atoms with Crippen LogP contribution < -0.4 is 9.64 Å². The molecule has 0 N–H and O–H groups in total. The van der Waals surface area contributed by atoms with E-state index in [2.05, 4.69) is 20.7 Å². The van der Waals surface area contributed by atoms with Gasteiger partial charge in [-0.15, -0.1) is 11.3 Å². The highest BCUT2D eigenvalue weighted by atomic mass is 32.1. The van der Waals surface area contributed by atoms with E-state index in [0.29, 0.717) is 6.61 Å². The predicted molar refractivity (Wildman–Crippen MR) is 80.8 cm³/mol. The number of hydrogen-bond donors (Lipinski definition) is 0. The number of rotatable bonds is 3. The Balaban J connectivity index is 1.76. The number of carbonyl (C=O) groups is 1. The summed E-state index contributed by atoms with van der Waals surface area (Å²) in [6.07, 6.45) is 0.216. The van der Waals surface area contributed by atoms with Crippen LogP contribution in [0.2, 0.25) is 0 Å². The van der Waals surface area contributed by atoms with E-state index >= 15 is 0 Å². The van der Waals surface area contributed by atoms with Gasteiger partial charge in [-0.25, -0.2) is 4.98 Å². The molecule has 0 spiro atoms. The lowest BCUT2D eigenvalue weighted by Crippen LogP contribution is -2.25. The summed E-state index contributed by atoms with van der Waals surface area (Å²) < 4.78 is 10.4. The van der Waals surface area contributed by atoms with Crippen molar-refractivity contribution >= 4 is 22.4 Å². The molecule has 5 nitrogen and oxygen atoms in total. The summed E-state index contributed by atoms with van der Waals surface area (Å²) in [5, 5.41) is 2.82. The van der Waals surface area contributed by atoms with E-state index in [1.54, 1.807) is 11.3 Å². The second-order valence-electron chi connectivity index (χ2n) is 4.75. The third-order valence-electron chi connectivity index (χ3n) is 3.32. The summed E-state index contributed by atoms with van der Waals surface area (Å²) >= 11 is 1.54. The number of ether oxygens (including phenoxy) is 2. The van der Waals surface area contributed by atoms with Crippen molar-refractivity contribution in [3.8, 4) is 5.75 Å². The zero-order valence-corrected chi connectivity index (χ0v) is 12.6. The minimum Gasteiger partial charge on any atom is -0.491 e. The van der Waals surface area contributed by atoms with Gasteiger partial charge in [0.05, 0.1) is 25.8 Å². The maximum atomic E-state index is 11.3. The van der Waals surface area contributed by atoms with Gasteiger partial charge in [0, 0.05) is 17.5 Å². The van der Waals surface area contributed by atoms with Crippen LogP contribution in [-0.4, -0.2) is 31.2 Å². The van der Waals surface area contributed by atoms with Gasteiger partial charge in [0.2, 0.25) is 0 Å². The van der Waals surface area contributed by atoms with Crippen molar-refractivity contribution in [2.45, 2.75) is 13.0 Å². The molecule has 6 heteroatoms. The highest BCUT2D eigenvalue weighted by Crippen LogP contribution is 2.28. The van der Waals surface area contributed by atoms with Crippen LogP contribution in [0.5, 0.6) is 5.75 Å². The van der Waals surface area contributed by atoms with Gasteiger partial charge in [-0.05, 0) is 6.07 Å². The predicted octanol–water partition coefficient (Wildman–Crippen LogP) is 2.26. The number of fused-ring (bicyclic) bond motifs is 1. The van der Waals surface area contributed by atoms with E-state index < -0.39 is 0 Å². The molecule has 0 saturated carbocycles. The SMILES string of the molecule is COC(=O)Cc1csc(N2CCOc3ccccc3C2)n1. The molecule has 0 amide bonds. The Labute approximate surface area is 127 Å². The fraction of sp³-hybridized carbons (Fsp3) is 0.333. The molecule has 0 fully saturated rings. The molecular formula is C15H16N2O3S. The first kappa shape index (κ1) is 13.9. The molecule has 1 aromatic carbocycles. The Morgan fingerprint density at radius 2 is 2.33 bits per heavy atom. The number of para-hydroxylation sites is 1. The van der Waals surface area contributed by atoms with Crippen molar-refractivity contribution in [3.63, 3.8) is 0 Å². The molecule has 21 heavy (non-hydrogen) atoms. The minimum absolute atomic E-state index is 0.216. The Hall–Kier alpha value is -2.08. The van der Waals surface area contributed by atoms with Crippen molar-refractivity contribution in [2.24, 2.45) is 0 Å². The van der Waals surface area contributed by atoms with E-state index in [9.17, 15) is 4.79 Å². The van der Waals surface area contributed by atoms with Crippen LogP contribution in [-0.2, 0) is 22.5 Å². The summed E-state index contributed by atoms with van der Waals surface area (Å²) in [4.78, 5) is 18.0. The molecule has 110 valence electrons. The van der Waals surface area contributed by atoms with Crippen LogP contribution >= 0.6 is 11.3 Å². The Kier molecular flexibility index (Phi) is 4.06. The minimum atomic E-state index is -0.267. The molecule has 0 atom stereocenters.